The zero-order valence-corrected chi connectivity index (χ0v) is 22.2. The Morgan fingerprint density at radius 3 is 2.56 bits per heavy atom. The second-order valence-electron chi connectivity index (χ2n) is 8.86. The summed E-state index contributed by atoms with van der Waals surface area (Å²) < 4.78 is 0. The molecule has 4 heterocycles. The van der Waals surface area contributed by atoms with Gasteiger partial charge in [0.05, 0.1) is 26.2 Å². The number of hydrogen-bond acceptors (Lipinski definition) is 7. The van der Waals surface area contributed by atoms with E-state index in [2.05, 4.69) is 20.1 Å². The Bertz CT molecular complexity index is 1170. The largest absolute Gasteiger partial charge is 0.359 e. The van der Waals surface area contributed by atoms with Crippen molar-refractivity contribution in [1.82, 2.24) is 14.9 Å². The maximum absolute atomic E-state index is 12.9. The first kappa shape index (κ1) is 24.0. The molecule has 0 atom stereocenters. The van der Waals surface area contributed by atoms with Gasteiger partial charge >= 0.3 is 0 Å². The van der Waals surface area contributed by atoms with Crippen LogP contribution in [0.2, 0.25) is 10.0 Å². The van der Waals surface area contributed by atoms with Gasteiger partial charge in [-0.1, -0.05) is 53.8 Å². The first-order valence-corrected chi connectivity index (χ1v) is 14.1. The van der Waals surface area contributed by atoms with Gasteiger partial charge in [-0.15, -0.1) is 11.3 Å². The van der Waals surface area contributed by atoms with E-state index in [-0.39, 0.29) is 5.91 Å². The minimum absolute atomic E-state index is 0.271. The number of amides is 1. The smallest absolute Gasteiger partial charge is 0.259 e. The topological polar surface area (TPSA) is 61.4 Å². The van der Waals surface area contributed by atoms with Crippen molar-refractivity contribution in [3.05, 3.63) is 45.0 Å². The second-order valence-corrected chi connectivity index (χ2v) is 11.6. The van der Waals surface area contributed by atoms with E-state index >= 15 is 0 Å². The summed E-state index contributed by atoms with van der Waals surface area (Å²) in [5, 5.41) is 7.67. The van der Waals surface area contributed by atoms with E-state index in [9.17, 15) is 4.79 Å². The molecule has 0 radical (unpaired) electrons. The molecule has 1 saturated carbocycles. The van der Waals surface area contributed by atoms with Gasteiger partial charge in [-0.2, -0.15) is 0 Å². The van der Waals surface area contributed by atoms with Crippen LogP contribution in [0, 0.1) is 6.92 Å². The molecule has 1 saturated heterocycles. The van der Waals surface area contributed by atoms with Gasteiger partial charge in [-0.3, -0.25) is 20.0 Å². The number of thiophene rings is 1. The molecule has 5 rings (SSSR count). The number of pyridine rings is 1. The molecular weight excluding hydrogens is 509 g/mol. The van der Waals surface area contributed by atoms with Crippen LogP contribution in [0.3, 0.4) is 0 Å². The van der Waals surface area contributed by atoms with Crippen LogP contribution in [-0.2, 0) is 0 Å². The van der Waals surface area contributed by atoms with E-state index in [1.165, 1.54) is 49.6 Å². The average molecular weight is 537 g/mol. The highest BCUT2D eigenvalue weighted by Gasteiger charge is 2.28. The molecular formula is C24H27Cl2N5OS2. The molecule has 1 aliphatic heterocycles. The highest BCUT2D eigenvalue weighted by Crippen LogP contribution is 2.42. The lowest BCUT2D eigenvalue weighted by Crippen LogP contribution is -2.50. The zero-order chi connectivity index (χ0) is 23.7. The van der Waals surface area contributed by atoms with Crippen LogP contribution in [0.1, 0.15) is 48.2 Å². The summed E-state index contributed by atoms with van der Waals surface area (Å²) in [5.41, 5.74) is 1.98. The summed E-state index contributed by atoms with van der Waals surface area (Å²) in [7, 11) is 0. The normalized spacial score (nSPS) is 17.8. The Labute approximate surface area is 217 Å². The predicted octanol–water partition coefficient (Wildman–Crippen LogP) is 6.59. The first-order chi connectivity index (χ1) is 16.5. The molecule has 1 aliphatic carbocycles. The van der Waals surface area contributed by atoms with Crippen LogP contribution in [0.25, 0.3) is 10.6 Å². The highest BCUT2D eigenvalue weighted by atomic mass is 35.5. The molecule has 1 amide bonds. The van der Waals surface area contributed by atoms with Gasteiger partial charge in [0.2, 0.25) is 0 Å². The van der Waals surface area contributed by atoms with Gasteiger partial charge in [0.1, 0.15) is 10.7 Å². The van der Waals surface area contributed by atoms with Gasteiger partial charge in [0.15, 0.2) is 5.13 Å². The average Bonchev–Trinajstić information content (AvgIpc) is 3.47. The number of nitrogens with zero attached hydrogens (tertiary/aromatic N) is 4. The van der Waals surface area contributed by atoms with Crippen molar-refractivity contribution in [2.24, 2.45) is 0 Å². The molecule has 0 spiro atoms. The Balaban J connectivity index is 1.36. The molecule has 3 aromatic heterocycles. The Hall–Kier alpha value is -1.71. The van der Waals surface area contributed by atoms with Crippen molar-refractivity contribution in [1.29, 1.82) is 0 Å². The number of carbonyl (C=O) groups is 1. The maximum Gasteiger partial charge on any atom is 0.259 e. The van der Waals surface area contributed by atoms with Crippen LogP contribution in [-0.4, -0.2) is 53.0 Å². The fourth-order valence-electron chi connectivity index (χ4n) is 4.71. The van der Waals surface area contributed by atoms with Crippen molar-refractivity contribution in [3.63, 3.8) is 0 Å². The quantitative estimate of drug-likeness (QED) is 0.399. The van der Waals surface area contributed by atoms with E-state index in [1.807, 2.05) is 18.4 Å². The number of thiazole rings is 1. The van der Waals surface area contributed by atoms with Gasteiger partial charge in [0, 0.05) is 43.8 Å². The maximum atomic E-state index is 12.9. The number of halogens is 2. The number of rotatable bonds is 5. The van der Waals surface area contributed by atoms with Crippen molar-refractivity contribution in [3.8, 4) is 10.6 Å². The summed E-state index contributed by atoms with van der Waals surface area (Å²) in [6.07, 6.45) is 8.28. The molecule has 3 aromatic rings. The van der Waals surface area contributed by atoms with E-state index in [4.69, 9.17) is 28.2 Å². The van der Waals surface area contributed by atoms with Crippen molar-refractivity contribution >= 4 is 61.9 Å². The van der Waals surface area contributed by atoms with E-state index in [0.717, 1.165) is 47.8 Å². The molecule has 10 heteroatoms. The van der Waals surface area contributed by atoms with Gasteiger partial charge in [-0.25, -0.2) is 4.98 Å². The molecule has 1 N–H and O–H groups in total. The second kappa shape index (κ2) is 10.5. The zero-order valence-electron chi connectivity index (χ0n) is 19.0. The van der Waals surface area contributed by atoms with E-state index < -0.39 is 0 Å². The fourth-order valence-corrected chi connectivity index (χ4v) is 7.04. The number of piperazine rings is 1. The Morgan fingerprint density at radius 2 is 1.88 bits per heavy atom. The fraction of sp³-hybridized carbons (Fsp3) is 0.458. The van der Waals surface area contributed by atoms with Gasteiger partial charge in [0.25, 0.3) is 5.91 Å². The number of nitrogens with one attached hydrogen (secondary N) is 1. The first-order valence-electron chi connectivity index (χ1n) is 11.7. The van der Waals surface area contributed by atoms with Crippen LogP contribution in [0.4, 0.5) is 10.1 Å². The minimum atomic E-state index is -0.271. The minimum Gasteiger partial charge on any atom is -0.359 e. The SMILES string of the molecule is Cc1ncc(C(=O)Nc2nc(-c3cc(Cl)cs3)c(N3CCN(C4CCCCC4)CC3)s2)cc1Cl. The lowest BCUT2D eigenvalue weighted by atomic mass is 9.94. The van der Waals surface area contributed by atoms with Crippen LogP contribution < -0.4 is 10.2 Å². The van der Waals surface area contributed by atoms with Crippen molar-refractivity contribution < 1.29 is 4.79 Å². The van der Waals surface area contributed by atoms with Gasteiger partial charge < -0.3 is 4.90 Å². The number of aryl methyl sites for hydroxylation is 1. The van der Waals surface area contributed by atoms with Gasteiger partial charge in [-0.05, 0) is 31.9 Å². The van der Waals surface area contributed by atoms with Crippen molar-refractivity contribution in [2.75, 3.05) is 36.4 Å². The third-order valence-electron chi connectivity index (χ3n) is 6.61. The summed E-state index contributed by atoms with van der Waals surface area (Å²) in [4.78, 5) is 27.9. The summed E-state index contributed by atoms with van der Waals surface area (Å²) in [5.74, 6) is -0.271. The highest BCUT2D eigenvalue weighted by molar-refractivity contribution is 7.21. The molecule has 0 bridgehead atoms. The lowest BCUT2D eigenvalue weighted by Gasteiger charge is -2.41. The molecule has 34 heavy (non-hydrogen) atoms. The Kier molecular flexibility index (Phi) is 7.41. The third-order valence-corrected chi connectivity index (χ3v) is 9.31. The number of anilines is 2. The molecule has 0 unspecified atom stereocenters. The predicted molar refractivity (Wildman–Crippen MR) is 143 cm³/mol. The molecule has 0 aromatic carbocycles. The molecule has 2 aliphatic rings. The molecule has 2 fully saturated rings. The van der Waals surface area contributed by atoms with Crippen LogP contribution >= 0.6 is 45.9 Å². The van der Waals surface area contributed by atoms with E-state index in [1.54, 1.807) is 17.4 Å². The number of carbonyl (C=O) groups excluding carboxylic acids is 1. The molecule has 180 valence electrons. The van der Waals surface area contributed by atoms with Crippen LogP contribution in [0.5, 0.6) is 0 Å². The number of hydrogen-bond donors (Lipinski definition) is 1. The molecule has 6 nitrogen and oxygen atoms in total. The monoisotopic (exact) mass is 535 g/mol. The van der Waals surface area contributed by atoms with Crippen LogP contribution in [0.15, 0.2) is 23.7 Å². The summed E-state index contributed by atoms with van der Waals surface area (Å²) in [6.45, 7) is 5.83. The van der Waals surface area contributed by atoms with E-state index in [0.29, 0.717) is 26.4 Å². The Morgan fingerprint density at radius 1 is 1.12 bits per heavy atom. The summed E-state index contributed by atoms with van der Waals surface area (Å²) >= 11 is 15.5. The standard InChI is InChI=1S/C24H27Cl2N5OS2/c1-15-19(26)11-16(13-27-15)22(32)29-24-28-21(20-12-17(25)14-33-20)23(34-24)31-9-7-30(8-10-31)18-5-3-2-4-6-18/h11-14,18H,2-10H2,1H3,(H,28,29,32). The number of aromatic nitrogens is 2. The lowest BCUT2D eigenvalue weighted by molar-refractivity contribution is 0.102. The summed E-state index contributed by atoms with van der Waals surface area (Å²) in [6, 6.07) is 4.31. The van der Waals surface area contributed by atoms with Crippen molar-refractivity contribution in [2.45, 2.75) is 45.1 Å². The third kappa shape index (κ3) is 5.26.